The molecular weight excluding hydrogens is 560 g/mol. The first kappa shape index (κ1) is 29.4. The monoisotopic (exact) mass is 600 g/mol. The second-order valence-electron chi connectivity index (χ2n) is 12.8. The van der Waals surface area contributed by atoms with Crippen molar-refractivity contribution in [2.75, 3.05) is 25.2 Å². The minimum atomic E-state index is -0.291. The zero-order valence-electron chi connectivity index (χ0n) is 25.7. The molecule has 1 saturated heterocycles. The van der Waals surface area contributed by atoms with Crippen molar-refractivity contribution in [1.82, 2.24) is 34.8 Å². The summed E-state index contributed by atoms with van der Waals surface area (Å²) < 4.78 is 8.69. The maximum atomic E-state index is 13.2. The number of benzene rings is 1. The average Bonchev–Trinajstić information content (AvgIpc) is 3.56. The Morgan fingerprint density at radius 1 is 1.09 bits per heavy atom. The first-order chi connectivity index (χ1) is 20.5. The maximum absolute atomic E-state index is 13.2. The minimum absolute atomic E-state index is 0.139. The summed E-state index contributed by atoms with van der Waals surface area (Å²) >= 11 is 1.46. The van der Waals surface area contributed by atoms with Crippen molar-refractivity contribution in [2.45, 2.75) is 81.6 Å². The third kappa shape index (κ3) is 5.80. The number of rotatable bonds is 6. The van der Waals surface area contributed by atoms with E-state index in [4.69, 9.17) is 4.74 Å². The van der Waals surface area contributed by atoms with Crippen LogP contribution in [-0.2, 0) is 11.0 Å². The Morgan fingerprint density at radius 3 is 2.60 bits per heavy atom. The summed E-state index contributed by atoms with van der Waals surface area (Å²) in [5, 5.41) is 15.8. The topological polar surface area (TPSA) is 110 Å². The van der Waals surface area contributed by atoms with Crippen LogP contribution in [0.3, 0.4) is 0 Å². The van der Waals surface area contributed by atoms with Crippen LogP contribution in [0.1, 0.15) is 88.2 Å². The summed E-state index contributed by atoms with van der Waals surface area (Å²) in [6.45, 7) is 9.57. The SMILES string of the molecule is CSc1nc(NC(=O)N[C@H]2CC[C@@H](Oc3ccc4nnc([C@]5(C)CCCN5C)n4c3)c3ccccc32)cc(C(C)(C)C)n1. The number of carbonyl (C=O) groups excluding carboxylic acids is 1. The lowest BCUT2D eigenvalue weighted by Crippen LogP contribution is -2.37. The van der Waals surface area contributed by atoms with Crippen molar-refractivity contribution in [3.8, 4) is 5.75 Å². The lowest BCUT2D eigenvalue weighted by atomic mass is 9.85. The van der Waals surface area contributed by atoms with Gasteiger partial charge in [0.05, 0.1) is 23.5 Å². The molecule has 3 atom stereocenters. The van der Waals surface area contributed by atoms with E-state index < -0.39 is 0 Å². The average molecular weight is 601 g/mol. The van der Waals surface area contributed by atoms with E-state index in [9.17, 15) is 4.79 Å². The molecule has 1 aliphatic heterocycles. The van der Waals surface area contributed by atoms with Gasteiger partial charge in [0.25, 0.3) is 0 Å². The van der Waals surface area contributed by atoms with Crippen molar-refractivity contribution in [3.63, 3.8) is 0 Å². The normalized spacial score (nSPS) is 22.4. The predicted octanol–water partition coefficient (Wildman–Crippen LogP) is 6.26. The highest BCUT2D eigenvalue weighted by Crippen LogP contribution is 2.40. The van der Waals surface area contributed by atoms with Crippen LogP contribution in [0.4, 0.5) is 10.6 Å². The molecule has 0 radical (unpaired) electrons. The fourth-order valence-electron chi connectivity index (χ4n) is 6.15. The number of hydrogen-bond donors (Lipinski definition) is 2. The van der Waals surface area contributed by atoms with Crippen LogP contribution >= 0.6 is 11.8 Å². The number of likely N-dealkylation sites (tertiary alicyclic amines) is 1. The van der Waals surface area contributed by atoms with Crippen molar-refractivity contribution in [3.05, 3.63) is 71.3 Å². The Morgan fingerprint density at radius 2 is 1.88 bits per heavy atom. The zero-order chi connectivity index (χ0) is 30.4. The van der Waals surface area contributed by atoms with E-state index in [1.54, 1.807) is 0 Å². The molecule has 43 heavy (non-hydrogen) atoms. The van der Waals surface area contributed by atoms with Gasteiger partial charge in [0.1, 0.15) is 17.7 Å². The lowest BCUT2D eigenvalue weighted by Gasteiger charge is -2.32. The number of urea groups is 1. The molecule has 10 nitrogen and oxygen atoms in total. The van der Waals surface area contributed by atoms with E-state index in [-0.39, 0.29) is 29.1 Å². The van der Waals surface area contributed by atoms with Gasteiger partial charge in [-0.25, -0.2) is 14.8 Å². The molecule has 226 valence electrons. The van der Waals surface area contributed by atoms with Gasteiger partial charge >= 0.3 is 6.03 Å². The predicted molar refractivity (Wildman–Crippen MR) is 169 cm³/mol. The van der Waals surface area contributed by atoms with Gasteiger partial charge in [-0.2, -0.15) is 0 Å². The number of fused-ring (bicyclic) bond motifs is 2. The molecule has 4 aromatic rings. The van der Waals surface area contributed by atoms with Gasteiger partial charge in [0.15, 0.2) is 16.6 Å². The van der Waals surface area contributed by atoms with Crippen molar-refractivity contribution >= 4 is 29.3 Å². The number of aromatic nitrogens is 5. The number of carbonyl (C=O) groups is 1. The molecule has 2 amide bonds. The van der Waals surface area contributed by atoms with E-state index in [1.165, 1.54) is 11.8 Å². The largest absolute Gasteiger partial charge is 0.484 e. The van der Waals surface area contributed by atoms with Gasteiger partial charge in [0, 0.05) is 11.5 Å². The molecule has 6 rings (SSSR count). The number of amides is 2. The first-order valence-electron chi connectivity index (χ1n) is 14.9. The van der Waals surface area contributed by atoms with Crippen molar-refractivity contribution in [1.29, 1.82) is 0 Å². The molecule has 2 N–H and O–H groups in total. The maximum Gasteiger partial charge on any atom is 0.320 e. The Hall–Kier alpha value is -3.70. The Labute approximate surface area is 257 Å². The van der Waals surface area contributed by atoms with Crippen LogP contribution in [0.2, 0.25) is 0 Å². The van der Waals surface area contributed by atoms with E-state index >= 15 is 0 Å². The van der Waals surface area contributed by atoms with Crippen LogP contribution in [0.15, 0.2) is 53.8 Å². The zero-order valence-corrected chi connectivity index (χ0v) is 26.5. The molecule has 2 aliphatic rings. The molecule has 11 heteroatoms. The highest BCUT2D eigenvalue weighted by Gasteiger charge is 2.40. The smallest absolute Gasteiger partial charge is 0.320 e. The Balaban J connectivity index is 1.19. The molecule has 0 spiro atoms. The Kier molecular flexibility index (Phi) is 7.80. The fraction of sp³-hybridized carbons (Fsp3) is 0.469. The quantitative estimate of drug-likeness (QED) is 0.197. The number of nitrogens with one attached hydrogen (secondary N) is 2. The standard InChI is InChI=1S/C32H40N8O2S/c1-31(2,3)25-18-26(36-30(34-25)43-6)35-29(41)33-23-13-14-24(22-11-8-7-10-21(22)23)42-20-12-15-27-37-38-28(40(27)19-20)32(4)16-9-17-39(32)5/h7-8,10-12,15,18-19,23-24H,9,13-14,16-17H2,1-6H3,(H2,33,34,35,36,41)/t23-,24+,32-/m0/s1. The van der Waals surface area contributed by atoms with Gasteiger partial charge < -0.3 is 10.1 Å². The van der Waals surface area contributed by atoms with Gasteiger partial charge in [-0.05, 0) is 75.7 Å². The summed E-state index contributed by atoms with van der Waals surface area (Å²) in [6, 6.07) is 13.5. The molecule has 1 fully saturated rings. The lowest BCUT2D eigenvalue weighted by molar-refractivity contribution is 0.170. The second kappa shape index (κ2) is 11.4. The molecule has 0 bridgehead atoms. The molecule has 3 aromatic heterocycles. The third-order valence-electron chi connectivity index (χ3n) is 8.77. The number of pyridine rings is 1. The fourth-order valence-corrected chi connectivity index (χ4v) is 6.53. The highest BCUT2D eigenvalue weighted by molar-refractivity contribution is 7.98. The molecule has 1 aromatic carbocycles. The van der Waals surface area contributed by atoms with Gasteiger partial charge in [-0.1, -0.05) is 56.8 Å². The minimum Gasteiger partial charge on any atom is -0.484 e. The van der Waals surface area contributed by atoms with E-state index in [0.717, 1.165) is 66.3 Å². The van der Waals surface area contributed by atoms with Gasteiger partial charge in [-0.15, -0.1) is 10.2 Å². The highest BCUT2D eigenvalue weighted by atomic mass is 32.2. The summed E-state index contributed by atoms with van der Waals surface area (Å²) in [5.74, 6) is 2.20. The van der Waals surface area contributed by atoms with Crippen molar-refractivity contribution in [2.24, 2.45) is 0 Å². The van der Waals surface area contributed by atoms with Gasteiger partial charge in [0.2, 0.25) is 0 Å². The van der Waals surface area contributed by atoms with Crippen LogP contribution in [0.25, 0.3) is 5.65 Å². The molecule has 0 saturated carbocycles. The van der Waals surface area contributed by atoms with E-state index in [1.807, 2.05) is 42.8 Å². The van der Waals surface area contributed by atoms with Crippen LogP contribution in [0, 0.1) is 0 Å². The summed E-state index contributed by atoms with van der Waals surface area (Å²) in [4.78, 5) is 24.7. The number of anilines is 1. The number of ether oxygens (including phenoxy) is 1. The van der Waals surface area contributed by atoms with Crippen molar-refractivity contribution < 1.29 is 9.53 Å². The molecule has 1 aliphatic carbocycles. The van der Waals surface area contributed by atoms with E-state index in [0.29, 0.717) is 11.0 Å². The first-order valence-corrected chi connectivity index (χ1v) is 16.1. The number of nitrogens with zero attached hydrogens (tertiary/aromatic N) is 6. The molecule has 4 heterocycles. The van der Waals surface area contributed by atoms with Crippen LogP contribution in [0.5, 0.6) is 5.75 Å². The number of thioether (sulfide) groups is 1. The third-order valence-corrected chi connectivity index (χ3v) is 9.32. The molecule has 0 unspecified atom stereocenters. The Bertz CT molecular complexity index is 1650. The summed E-state index contributed by atoms with van der Waals surface area (Å²) in [6.07, 6.45) is 7.49. The second-order valence-corrected chi connectivity index (χ2v) is 13.5. The summed E-state index contributed by atoms with van der Waals surface area (Å²) in [5.41, 5.74) is 3.50. The number of hydrogen-bond acceptors (Lipinski definition) is 8. The van der Waals surface area contributed by atoms with Crippen LogP contribution < -0.4 is 15.4 Å². The summed E-state index contributed by atoms with van der Waals surface area (Å²) in [7, 11) is 2.15. The van der Waals surface area contributed by atoms with E-state index in [2.05, 4.69) is 87.0 Å². The molecular formula is C32H40N8O2S. The van der Waals surface area contributed by atoms with Crippen LogP contribution in [-0.4, -0.2) is 55.3 Å². The van der Waals surface area contributed by atoms with Gasteiger partial charge in [-0.3, -0.25) is 14.6 Å².